The number of hydrogen-bond acceptors (Lipinski definition) is 6. The van der Waals surface area contributed by atoms with Crippen LogP contribution in [0.25, 0.3) is 16.7 Å². The maximum Gasteiger partial charge on any atom is 0.334 e. The molecule has 1 aromatic carbocycles. The molecule has 140 valence electrons. The molecule has 0 bridgehead atoms. The highest BCUT2D eigenvalue weighted by Gasteiger charge is 2.16. The molecule has 0 saturated carbocycles. The second-order valence-corrected chi connectivity index (χ2v) is 6.83. The van der Waals surface area contributed by atoms with Crippen molar-refractivity contribution in [3.8, 4) is 5.69 Å². The van der Waals surface area contributed by atoms with Gasteiger partial charge in [0.25, 0.3) is 5.56 Å². The molecule has 3 aromatic rings. The van der Waals surface area contributed by atoms with E-state index < -0.39 is 11.2 Å². The molecule has 1 saturated heterocycles. The minimum Gasteiger partial charge on any atom is -0.376 e. The predicted octanol–water partition coefficient (Wildman–Crippen LogP) is 1.68. The molecule has 0 amide bonds. The summed E-state index contributed by atoms with van der Waals surface area (Å²) in [6.45, 7) is 5.20. The Bertz CT molecular complexity index is 1110. The topological polar surface area (TPSA) is 102 Å². The van der Waals surface area contributed by atoms with E-state index in [-0.39, 0.29) is 17.1 Å². The van der Waals surface area contributed by atoms with Crippen LogP contribution in [0.5, 0.6) is 0 Å². The second-order valence-electron chi connectivity index (χ2n) is 6.83. The first-order valence-electron chi connectivity index (χ1n) is 8.98. The lowest BCUT2D eigenvalue weighted by atomic mass is 10.1. The molecule has 0 unspecified atom stereocenters. The number of nitrogens with one attached hydrogen (secondary N) is 2. The first-order chi connectivity index (χ1) is 13.0. The Kier molecular flexibility index (Phi) is 4.49. The fraction of sp³-hybridized carbons (Fsp3) is 0.368. The lowest BCUT2D eigenvalue weighted by molar-refractivity contribution is 0.120. The van der Waals surface area contributed by atoms with E-state index in [1.807, 2.05) is 26.0 Å². The zero-order valence-corrected chi connectivity index (χ0v) is 15.3. The summed E-state index contributed by atoms with van der Waals surface area (Å²) in [5.41, 5.74) is 1.71. The molecule has 3 heterocycles. The molecule has 1 aliphatic rings. The second kappa shape index (κ2) is 6.96. The summed E-state index contributed by atoms with van der Waals surface area (Å²) in [6, 6.07) is 5.57. The number of aromatic amines is 1. The number of benzene rings is 1. The summed E-state index contributed by atoms with van der Waals surface area (Å²) in [6.07, 6.45) is 3.63. The number of aromatic nitrogens is 4. The normalized spacial score (nSPS) is 16.7. The minimum absolute atomic E-state index is 0.140. The third-order valence-electron chi connectivity index (χ3n) is 4.76. The number of anilines is 1. The first-order valence-corrected chi connectivity index (χ1v) is 8.98. The summed E-state index contributed by atoms with van der Waals surface area (Å²) in [5.74, 6) is 0.359. The number of ether oxygens (including phenoxy) is 1. The van der Waals surface area contributed by atoms with Crippen molar-refractivity contribution in [2.45, 2.75) is 32.8 Å². The molecule has 0 radical (unpaired) electrons. The van der Waals surface area contributed by atoms with E-state index in [0.717, 1.165) is 35.1 Å². The molecule has 2 N–H and O–H groups in total. The van der Waals surface area contributed by atoms with Gasteiger partial charge in [-0.05, 0) is 38.3 Å². The number of H-pyrrole nitrogens is 1. The molecule has 27 heavy (non-hydrogen) atoms. The predicted molar refractivity (Wildman–Crippen MR) is 103 cm³/mol. The van der Waals surface area contributed by atoms with E-state index >= 15 is 0 Å². The average Bonchev–Trinajstić information content (AvgIpc) is 3.15. The summed E-state index contributed by atoms with van der Waals surface area (Å²) < 4.78 is 6.68. The zero-order valence-electron chi connectivity index (χ0n) is 15.3. The Labute approximate surface area is 155 Å². The summed E-state index contributed by atoms with van der Waals surface area (Å²) in [4.78, 5) is 36.7. The number of nitrogens with zero attached hydrogens (tertiary/aromatic N) is 3. The number of rotatable bonds is 4. The molecule has 2 aromatic heterocycles. The Morgan fingerprint density at radius 3 is 2.93 bits per heavy atom. The van der Waals surface area contributed by atoms with Gasteiger partial charge in [0.1, 0.15) is 5.39 Å². The molecule has 1 aliphatic heterocycles. The quantitative estimate of drug-likeness (QED) is 0.727. The van der Waals surface area contributed by atoms with Gasteiger partial charge in [0.2, 0.25) is 5.95 Å². The molecule has 0 aliphatic carbocycles. The third kappa shape index (κ3) is 3.35. The van der Waals surface area contributed by atoms with Crippen LogP contribution in [0, 0.1) is 13.8 Å². The van der Waals surface area contributed by atoms with Crippen LogP contribution in [0.4, 0.5) is 5.95 Å². The SMILES string of the molecule is Cc1ccc(-n2c(=O)[nH]c3nc(NC[C@@H]4CCCO4)ncc3c2=O)c(C)c1. The van der Waals surface area contributed by atoms with Gasteiger partial charge in [-0.1, -0.05) is 17.7 Å². The first kappa shape index (κ1) is 17.4. The molecule has 8 nitrogen and oxygen atoms in total. The molecule has 1 atom stereocenters. The Hall–Kier alpha value is -3.00. The summed E-state index contributed by atoms with van der Waals surface area (Å²) >= 11 is 0. The van der Waals surface area contributed by atoms with Gasteiger partial charge in [-0.25, -0.2) is 14.3 Å². The van der Waals surface area contributed by atoms with E-state index in [1.54, 1.807) is 6.07 Å². The monoisotopic (exact) mass is 367 g/mol. The van der Waals surface area contributed by atoms with Crippen molar-refractivity contribution in [3.63, 3.8) is 0 Å². The van der Waals surface area contributed by atoms with Gasteiger partial charge < -0.3 is 10.1 Å². The fourth-order valence-corrected chi connectivity index (χ4v) is 3.37. The smallest absolute Gasteiger partial charge is 0.334 e. The van der Waals surface area contributed by atoms with Crippen LogP contribution in [0.3, 0.4) is 0 Å². The Morgan fingerprint density at radius 2 is 2.19 bits per heavy atom. The molecular formula is C19H21N5O3. The zero-order chi connectivity index (χ0) is 19.0. The lowest BCUT2D eigenvalue weighted by Crippen LogP contribution is -2.34. The van der Waals surface area contributed by atoms with Gasteiger partial charge in [-0.15, -0.1) is 0 Å². The van der Waals surface area contributed by atoms with Crippen molar-refractivity contribution in [3.05, 3.63) is 56.4 Å². The molecule has 8 heteroatoms. The van der Waals surface area contributed by atoms with Crippen molar-refractivity contribution in [1.82, 2.24) is 19.5 Å². The van der Waals surface area contributed by atoms with Crippen LogP contribution in [0.1, 0.15) is 24.0 Å². The van der Waals surface area contributed by atoms with Gasteiger partial charge in [0.05, 0.1) is 11.8 Å². The van der Waals surface area contributed by atoms with Crippen LogP contribution in [0.2, 0.25) is 0 Å². The van der Waals surface area contributed by atoms with Crippen molar-refractivity contribution in [2.24, 2.45) is 0 Å². The van der Waals surface area contributed by atoms with Crippen LogP contribution in [-0.4, -0.2) is 38.8 Å². The number of hydrogen-bond donors (Lipinski definition) is 2. The average molecular weight is 367 g/mol. The van der Waals surface area contributed by atoms with Gasteiger partial charge in [0.15, 0.2) is 5.65 Å². The van der Waals surface area contributed by atoms with Gasteiger partial charge in [0, 0.05) is 19.3 Å². The summed E-state index contributed by atoms with van der Waals surface area (Å²) in [7, 11) is 0. The van der Waals surface area contributed by atoms with Crippen molar-refractivity contribution in [1.29, 1.82) is 0 Å². The third-order valence-corrected chi connectivity index (χ3v) is 4.76. The molecule has 1 fully saturated rings. The van der Waals surface area contributed by atoms with Crippen LogP contribution in [-0.2, 0) is 4.74 Å². The lowest BCUT2D eigenvalue weighted by Gasteiger charge is -2.12. The number of aryl methyl sites for hydroxylation is 2. The maximum atomic E-state index is 12.9. The molecular weight excluding hydrogens is 346 g/mol. The highest BCUT2D eigenvalue weighted by molar-refractivity contribution is 5.73. The van der Waals surface area contributed by atoms with E-state index in [2.05, 4.69) is 20.3 Å². The standard InChI is InChI=1S/C19H21N5O3/c1-11-5-6-15(12(2)8-11)24-17(25)14-10-21-18(22-16(14)23-19(24)26)20-9-13-4-3-7-27-13/h5-6,8,10,13H,3-4,7,9H2,1-2H3,(H2,20,21,22,23,26)/t13-/m0/s1. The van der Waals surface area contributed by atoms with Gasteiger partial charge in [-0.2, -0.15) is 4.98 Å². The highest BCUT2D eigenvalue weighted by atomic mass is 16.5. The number of fused-ring (bicyclic) bond motifs is 1. The van der Waals surface area contributed by atoms with Crippen molar-refractivity contribution >= 4 is 17.0 Å². The van der Waals surface area contributed by atoms with Gasteiger partial charge in [-0.3, -0.25) is 9.78 Å². The Morgan fingerprint density at radius 1 is 1.33 bits per heavy atom. The fourth-order valence-electron chi connectivity index (χ4n) is 3.37. The van der Waals surface area contributed by atoms with Crippen molar-refractivity contribution in [2.75, 3.05) is 18.5 Å². The largest absolute Gasteiger partial charge is 0.376 e. The van der Waals surface area contributed by atoms with E-state index in [0.29, 0.717) is 18.2 Å². The maximum absolute atomic E-state index is 12.9. The molecule has 0 spiro atoms. The Balaban J connectivity index is 1.72. The van der Waals surface area contributed by atoms with Crippen LogP contribution >= 0.6 is 0 Å². The van der Waals surface area contributed by atoms with E-state index in [1.165, 1.54) is 6.20 Å². The van der Waals surface area contributed by atoms with E-state index in [9.17, 15) is 9.59 Å². The molecule has 4 rings (SSSR count). The van der Waals surface area contributed by atoms with E-state index in [4.69, 9.17) is 4.74 Å². The summed E-state index contributed by atoms with van der Waals surface area (Å²) in [5, 5.41) is 3.36. The van der Waals surface area contributed by atoms with Crippen molar-refractivity contribution < 1.29 is 4.74 Å². The van der Waals surface area contributed by atoms with Gasteiger partial charge >= 0.3 is 5.69 Å². The van der Waals surface area contributed by atoms with Crippen LogP contribution < -0.4 is 16.6 Å². The van der Waals surface area contributed by atoms with Crippen LogP contribution in [0.15, 0.2) is 34.0 Å². The highest BCUT2D eigenvalue weighted by Crippen LogP contribution is 2.15. The minimum atomic E-state index is -0.525.